The van der Waals surface area contributed by atoms with Crippen molar-refractivity contribution in [1.29, 1.82) is 0 Å². The van der Waals surface area contributed by atoms with E-state index in [4.69, 9.17) is 4.74 Å². The second kappa shape index (κ2) is 7.26. The van der Waals surface area contributed by atoms with E-state index in [-0.39, 0.29) is 17.8 Å². The Bertz CT molecular complexity index is 933. The number of hydrogen-bond acceptors (Lipinski definition) is 5. The number of nitrogens with one attached hydrogen (secondary N) is 1. The van der Waals surface area contributed by atoms with Gasteiger partial charge in [-0.1, -0.05) is 12.1 Å². The lowest BCUT2D eigenvalue weighted by atomic mass is 10.0. The van der Waals surface area contributed by atoms with Gasteiger partial charge in [-0.15, -0.1) is 22.7 Å². The van der Waals surface area contributed by atoms with E-state index in [1.54, 1.807) is 29.7 Å². The van der Waals surface area contributed by atoms with E-state index in [0.29, 0.717) is 18.2 Å². The summed E-state index contributed by atoms with van der Waals surface area (Å²) in [4.78, 5) is 19.1. The molecule has 0 saturated carbocycles. The number of amides is 1. The number of carbonyl (C=O) groups excluding carboxylic acids is 1. The third kappa shape index (κ3) is 3.70. The van der Waals surface area contributed by atoms with Gasteiger partial charge < -0.3 is 4.74 Å². The van der Waals surface area contributed by atoms with Crippen molar-refractivity contribution in [3.63, 3.8) is 0 Å². The molecule has 0 aliphatic carbocycles. The summed E-state index contributed by atoms with van der Waals surface area (Å²) in [5.74, 6) is -0.371. The maximum atomic E-state index is 13.0. The maximum absolute atomic E-state index is 13.0. The highest BCUT2D eigenvalue weighted by atomic mass is 32.1. The molecule has 1 atom stereocenters. The van der Waals surface area contributed by atoms with Crippen molar-refractivity contribution in [2.75, 3.05) is 5.32 Å². The second-order valence-electron chi connectivity index (χ2n) is 6.27. The molecule has 4 nitrogen and oxygen atoms in total. The smallest absolute Gasteiger partial charge is 0.258 e. The first-order valence-corrected chi connectivity index (χ1v) is 9.99. The number of nitrogens with zero attached hydrogens (tertiary/aromatic N) is 1. The summed E-state index contributed by atoms with van der Waals surface area (Å²) in [5.41, 5.74) is 2.82. The van der Waals surface area contributed by atoms with Gasteiger partial charge in [-0.05, 0) is 30.2 Å². The topological polar surface area (TPSA) is 51.2 Å². The average Bonchev–Trinajstić information content (AvgIpc) is 3.23. The molecule has 3 aromatic rings. The predicted octanol–water partition coefficient (Wildman–Crippen LogP) is 4.65. The van der Waals surface area contributed by atoms with Crippen LogP contribution in [-0.4, -0.2) is 17.0 Å². The molecule has 2 aromatic heterocycles. The van der Waals surface area contributed by atoms with Crippen LogP contribution in [-0.2, 0) is 24.2 Å². The molecule has 1 N–H and O–H groups in total. The van der Waals surface area contributed by atoms with Crippen LogP contribution in [0.4, 0.5) is 9.52 Å². The summed E-state index contributed by atoms with van der Waals surface area (Å²) in [6, 6.07) is 6.41. The summed E-state index contributed by atoms with van der Waals surface area (Å²) < 4.78 is 18.6. The number of aromatic nitrogens is 1. The van der Waals surface area contributed by atoms with Gasteiger partial charge in [0.25, 0.3) is 5.91 Å². The highest BCUT2D eigenvalue weighted by Crippen LogP contribution is 2.30. The van der Waals surface area contributed by atoms with Crippen LogP contribution in [0.1, 0.15) is 38.2 Å². The van der Waals surface area contributed by atoms with Crippen LogP contribution in [0, 0.1) is 5.82 Å². The Kier molecular flexibility index (Phi) is 4.84. The van der Waals surface area contributed by atoms with E-state index in [1.165, 1.54) is 23.5 Å². The Morgan fingerprint density at radius 1 is 1.38 bits per heavy atom. The number of thiophene rings is 1. The normalized spacial score (nSPS) is 16.3. The summed E-state index contributed by atoms with van der Waals surface area (Å²) in [6.07, 6.45) is 3.31. The Labute approximate surface area is 158 Å². The molecule has 1 unspecified atom stereocenters. The molecule has 0 spiro atoms. The van der Waals surface area contributed by atoms with Crippen molar-refractivity contribution < 1.29 is 13.9 Å². The highest BCUT2D eigenvalue weighted by Gasteiger charge is 2.24. The number of fused-ring (bicyclic) bond motifs is 1. The minimum Gasteiger partial charge on any atom is -0.373 e. The van der Waals surface area contributed by atoms with Crippen LogP contribution in [0.2, 0.25) is 0 Å². The van der Waals surface area contributed by atoms with E-state index in [2.05, 4.69) is 10.3 Å². The molecule has 7 heteroatoms. The van der Waals surface area contributed by atoms with Crippen molar-refractivity contribution in [2.45, 2.75) is 32.5 Å². The molecule has 134 valence electrons. The van der Waals surface area contributed by atoms with Crippen LogP contribution in [0.5, 0.6) is 0 Å². The van der Waals surface area contributed by atoms with E-state index in [0.717, 1.165) is 32.9 Å². The van der Waals surface area contributed by atoms with E-state index >= 15 is 0 Å². The van der Waals surface area contributed by atoms with Gasteiger partial charge in [-0.3, -0.25) is 10.1 Å². The molecule has 3 heterocycles. The molecule has 26 heavy (non-hydrogen) atoms. The van der Waals surface area contributed by atoms with Crippen molar-refractivity contribution in [3.05, 3.63) is 68.1 Å². The van der Waals surface area contributed by atoms with Crippen molar-refractivity contribution in [3.8, 4) is 0 Å². The van der Waals surface area contributed by atoms with Gasteiger partial charge in [0.15, 0.2) is 5.13 Å². The quantitative estimate of drug-likeness (QED) is 0.708. The second-order valence-corrected chi connectivity index (χ2v) is 8.35. The number of ether oxygens (including phenoxy) is 1. The number of halogens is 1. The third-order valence-electron chi connectivity index (χ3n) is 4.28. The summed E-state index contributed by atoms with van der Waals surface area (Å²) >= 11 is 3.00. The SMILES string of the molecule is CC1Cc2c(C(=O)Nc3ncc(Cc4ccc(F)cc4)s3)csc2CO1. The minimum absolute atomic E-state index is 0.126. The highest BCUT2D eigenvalue weighted by molar-refractivity contribution is 7.15. The molecular formula is C19H17FN2O2S2. The van der Waals surface area contributed by atoms with Gasteiger partial charge in [0.05, 0.1) is 18.3 Å². The molecule has 4 rings (SSSR count). The van der Waals surface area contributed by atoms with Crippen LogP contribution in [0.3, 0.4) is 0 Å². The van der Waals surface area contributed by atoms with Crippen LogP contribution in [0.25, 0.3) is 0 Å². The Morgan fingerprint density at radius 2 is 2.19 bits per heavy atom. The Morgan fingerprint density at radius 3 is 3.00 bits per heavy atom. The van der Waals surface area contributed by atoms with Gasteiger partial charge >= 0.3 is 0 Å². The van der Waals surface area contributed by atoms with E-state index in [9.17, 15) is 9.18 Å². The van der Waals surface area contributed by atoms with Crippen LogP contribution < -0.4 is 5.32 Å². The van der Waals surface area contributed by atoms with Gasteiger partial charge in [-0.2, -0.15) is 0 Å². The van der Waals surface area contributed by atoms with Crippen molar-refractivity contribution >= 4 is 33.7 Å². The van der Waals surface area contributed by atoms with Gasteiger partial charge in [0.2, 0.25) is 0 Å². The largest absolute Gasteiger partial charge is 0.373 e. The van der Waals surface area contributed by atoms with E-state index < -0.39 is 0 Å². The van der Waals surface area contributed by atoms with Gasteiger partial charge in [-0.25, -0.2) is 9.37 Å². The molecule has 0 saturated heterocycles. The van der Waals surface area contributed by atoms with Crippen LogP contribution >= 0.6 is 22.7 Å². The summed E-state index contributed by atoms with van der Waals surface area (Å²) in [6.45, 7) is 2.60. The molecule has 0 radical (unpaired) electrons. The van der Waals surface area contributed by atoms with Crippen LogP contribution in [0.15, 0.2) is 35.8 Å². The standard InChI is InChI=1S/C19H17FN2O2S2/c1-11-6-15-16(10-25-17(15)9-24-11)18(23)22-19-21-8-14(26-19)7-12-2-4-13(20)5-3-12/h2-5,8,10-11H,6-7,9H2,1H3,(H,21,22,23). The zero-order chi connectivity index (χ0) is 18.1. The number of hydrogen-bond donors (Lipinski definition) is 1. The molecule has 1 amide bonds. The maximum Gasteiger partial charge on any atom is 0.258 e. The zero-order valence-corrected chi connectivity index (χ0v) is 15.8. The monoisotopic (exact) mass is 388 g/mol. The zero-order valence-electron chi connectivity index (χ0n) is 14.1. The molecular weight excluding hydrogens is 371 g/mol. The lowest BCUT2D eigenvalue weighted by molar-refractivity contribution is 0.0431. The fraction of sp³-hybridized carbons (Fsp3) is 0.263. The Hall–Kier alpha value is -2.09. The number of rotatable bonds is 4. The molecule has 0 fully saturated rings. The predicted molar refractivity (Wildman–Crippen MR) is 102 cm³/mol. The first-order valence-electron chi connectivity index (χ1n) is 8.30. The fourth-order valence-corrected chi connectivity index (χ4v) is 4.76. The van der Waals surface area contributed by atoms with Crippen molar-refractivity contribution in [2.24, 2.45) is 0 Å². The number of anilines is 1. The first-order chi connectivity index (χ1) is 12.6. The van der Waals surface area contributed by atoms with Gasteiger partial charge in [0.1, 0.15) is 5.82 Å². The minimum atomic E-state index is -0.246. The molecule has 1 aliphatic rings. The summed E-state index contributed by atoms with van der Waals surface area (Å²) in [7, 11) is 0. The third-order valence-corrected chi connectivity index (χ3v) is 6.20. The average molecular weight is 388 g/mol. The van der Waals surface area contributed by atoms with Crippen molar-refractivity contribution in [1.82, 2.24) is 4.98 Å². The number of benzene rings is 1. The first kappa shape index (κ1) is 17.3. The Balaban J connectivity index is 1.45. The lowest BCUT2D eigenvalue weighted by Crippen LogP contribution is -2.21. The molecule has 1 aliphatic heterocycles. The molecule has 0 bridgehead atoms. The number of thiazole rings is 1. The lowest BCUT2D eigenvalue weighted by Gasteiger charge is -2.20. The molecule has 1 aromatic carbocycles. The summed E-state index contributed by atoms with van der Waals surface area (Å²) in [5, 5.41) is 5.37. The van der Waals surface area contributed by atoms with Gasteiger partial charge in [0, 0.05) is 34.2 Å². The number of carbonyl (C=O) groups is 1. The van der Waals surface area contributed by atoms with E-state index in [1.807, 2.05) is 12.3 Å². The fourth-order valence-electron chi connectivity index (χ4n) is 2.94.